The van der Waals surface area contributed by atoms with E-state index in [-0.39, 0.29) is 12.1 Å². The number of carboxylic acid groups (broad SMARTS) is 1. The van der Waals surface area contributed by atoms with E-state index in [4.69, 9.17) is 5.11 Å². The SMILES string of the molecule is CCC[C@H](NC(C)C)C(=O)O. The van der Waals surface area contributed by atoms with Crippen LogP contribution in [0.3, 0.4) is 0 Å². The molecular weight excluding hydrogens is 142 g/mol. The van der Waals surface area contributed by atoms with E-state index in [0.717, 1.165) is 6.42 Å². The van der Waals surface area contributed by atoms with E-state index >= 15 is 0 Å². The molecule has 0 saturated carbocycles. The van der Waals surface area contributed by atoms with Crippen LogP contribution in [0.4, 0.5) is 0 Å². The Kier molecular flexibility index (Phi) is 4.86. The van der Waals surface area contributed by atoms with Crippen LogP contribution in [-0.4, -0.2) is 23.2 Å². The number of carbonyl (C=O) groups is 1. The van der Waals surface area contributed by atoms with E-state index in [2.05, 4.69) is 5.32 Å². The summed E-state index contributed by atoms with van der Waals surface area (Å²) < 4.78 is 0. The summed E-state index contributed by atoms with van der Waals surface area (Å²) in [5, 5.41) is 11.7. The van der Waals surface area contributed by atoms with Gasteiger partial charge in [-0.05, 0) is 6.42 Å². The van der Waals surface area contributed by atoms with Gasteiger partial charge in [0.1, 0.15) is 6.04 Å². The third-order valence-electron chi connectivity index (χ3n) is 1.41. The molecule has 2 N–H and O–H groups in total. The van der Waals surface area contributed by atoms with Crippen molar-refractivity contribution in [2.75, 3.05) is 0 Å². The molecule has 0 fully saturated rings. The van der Waals surface area contributed by atoms with Crippen LogP contribution in [0.15, 0.2) is 0 Å². The molecule has 0 amide bonds. The smallest absolute Gasteiger partial charge is 0.320 e. The minimum absolute atomic E-state index is 0.239. The van der Waals surface area contributed by atoms with Crippen molar-refractivity contribution in [3.63, 3.8) is 0 Å². The molecule has 0 aliphatic rings. The van der Waals surface area contributed by atoms with Crippen molar-refractivity contribution in [2.45, 2.75) is 45.7 Å². The lowest BCUT2D eigenvalue weighted by atomic mass is 10.1. The molecule has 0 aromatic heterocycles. The van der Waals surface area contributed by atoms with E-state index in [1.807, 2.05) is 20.8 Å². The minimum atomic E-state index is -0.749. The van der Waals surface area contributed by atoms with Gasteiger partial charge in [-0.2, -0.15) is 0 Å². The highest BCUT2D eigenvalue weighted by atomic mass is 16.4. The zero-order valence-corrected chi connectivity index (χ0v) is 7.42. The van der Waals surface area contributed by atoms with Gasteiger partial charge in [-0.3, -0.25) is 4.79 Å². The first-order valence-corrected chi connectivity index (χ1v) is 4.06. The highest BCUT2D eigenvalue weighted by molar-refractivity contribution is 5.73. The van der Waals surface area contributed by atoms with E-state index < -0.39 is 5.97 Å². The molecule has 0 aliphatic carbocycles. The number of aliphatic carboxylic acids is 1. The number of hydrogen-bond donors (Lipinski definition) is 2. The van der Waals surface area contributed by atoms with Gasteiger partial charge < -0.3 is 10.4 Å². The predicted molar refractivity (Wildman–Crippen MR) is 44.6 cm³/mol. The molecule has 11 heavy (non-hydrogen) atoms. The first kappa shape index (κ1) is 10.4. The average molecular weight is 159 g/mol. The molecule has 0 aromatic rings. The summed E-state index contributed by atoms with van der Waals surface area (Å²) in [5.74, 6) is -0.749. The van der Waals surface area contributed by atoms with Crippen LogP contribution in [0.5, 0.6) is 0 Å². The third kappa shape index (κ3) is 4.79. The Morgan fingerprint density at radius 1 is 1.55 bits per heavy atom. The van der Waals surface area contributed by atoms with Crippen LogP contribution in [0.2, 0.25) is 0 Å². The molecule has 0 aliphatic heterocycles. The standard InChI is InChI=1S/C8H17NO2/c1-4-5-7(8(10)11)9-6(2)3/h6-7,9H,4-5H2,1-3H3,(H,10,11)/t7-/m0/s1. The van der Waals surface area contributed by atoms with Crippen LogP contribution in [0.1, 0.15) is 33.6 Å². The second-order valence-corrected chi connectivity index (χ2v) is 3.00. The Hall–Kier alpha value is -0.570. The van der Waals surface area contributed by atoms with E-state index in [9.17, 15) is 4.79 Å². The van der Waals surface area contributed by atoms with Gasteiger partial charge >= 0.3 is 5.97 Å². The average Bonchev–Trinajstić information content (AvgIpc) is 1.86. The van der Waals surface area contributed by atoms with Crippen LogP contribution in [0.25, 0.3) is 0 Å². The molecule has 0 aromatic carbocycles. The lowest BCUT2D eigenvalue weighted by Crippen LogP contribution is -2.40. The fourth-order valence-electron chi connectivity index (χ4n) is 0.969. The van der Waals surface area contributed by atoms with Crippen molar-refractivity contribution in [1.29, 1.82) is 0 Å². The molecule has 0 heterocycles. The lowest BCUT2D eigenvalue weighted by Gasteiger charge is -2.15. The Labute approximate surface area is 67.8 Å². The molecular formula is C8H17NO2. The van der Waals surface area contributed by atoms with Gasteiger partial charge in [0.25, 0.3) is 0 Å². The fraction of sp³-hybridized carbons (Fsp3) is 0.875. The van der Waals surface area contributed by atoms with Crippen LogP contribution < -0.4 is 5.32 Å². The van der Waals surface area contributed by atoms with E-state index in [1.165, 1.54) is 0 Å². The molecule has 3 heteroatoms. The van der Waals surface area contributed by atoms with Crippen molar-refractivity contribution >= 4 is 5.97 Å². The van der Waals surface area contributed by atoms with E-state index in [0.29, 0.717) is 6.42 Å². The van der Waals surface area contributed by atoms with Gasteiger partial charge in [-0.25, -0.2) is 0 Å². The first-order chi connectivity index (χ1) is 5.07. The molecule has 0 radical (unpaired) electrons. The largest absolute Gasteiger partial charge is 0.480 e. The Morgan fingerprint density at radius 2 is 2.09 bits per heavy atom. The van der Waals surface area contributed by atoms with Gasteiger partial charge in [0.2, 0.25) is 0 Å². The summed E-state index contributed by atoms with van der Waals surface area (Å²) in [5.41, 5.74) is 0. The highest BCUT2D eigenvalue weighted by Gasteiger charge is 2.15. The maximum atomic E-state index is 10.6. The van der Waals surface area contributed by atoms with Crippen molar-refractivity contribution in [2.24, 2.45) is 0 Å². The maximum absolute atomic E-state index is 10.6. The summed E-state index contributed by atoms with van der Waals surface area (Å²) >= 11 is 0. The molecule has 0 rings (SSSR count). The Bertz CT molecular complexity index is 123. The molecule has 3 nitrogen and oxygen atoms in total. The summed E-state index contributed by atoms with van der Waals surface area (Å²) in [6.07, 6.45) is 1.60. The minimum Gasteiger partial charge on any atom is -0.480 e. The summed E-state index contributed by atoms with van der Waals surface area (Å²) in [6.45, 7) is 5.88. The fourth-order valence-corrected chi connectivity index (χ4v) is 0.969. The predicted octanol–water partition coefficient (Wildman–Crippen LogP) is 1.24. The maximum Gasteiger partial charge on any atom is 0.320 e. The normalized spacial score (nSPS) is 13.5. The summed E-state index contributed by atoms with van der Waals surface area (Å²) in [7, 11) is 0. The van der Waals surface area contributed by atoms with Gasteiger partial charge in [-0.1, -0.05) is 27.2 Å². The van der Waals surface area contributed by atoms with Gasteiger partial charge in [0, 0.05) is 6.04 Å². The number of carboxylic acids is 1. The monoisotopic (exact) mass is 159 g/mol. The molecule has 0 unspecified atom stereocenters. The first-order valence-electron chi connectivity index (χ1n) is 4.06. The number of rotatable bonds is 5. The van der Waals surface area contributed by atoms with Gasteiger partial charge in [-0.15, -0.1) is 0 Å². The Balaban J connectivity index is 3.79. The van der Waals surface area contributed by atoms with Gasteiger partial charge in [0.05, 0.1) is 0 Å². The van der Waals surface area contributed by atoms with Crippen molar-refractivity contribution in [1.82, 2.24) is 5.32 Å². The van der Waals surface area contributed by atoms with Gasteiger partial charge in [0.15, 0.2) is 0 Å². The second-order valence-electron chi connectivity index (χ2n) is 3.00. The van der Waals surface area contributed by atoms with Crippen LogP contribution in [0, 0.1) is 0 Å². The third-order valence-corrected chi connectivity index (χ3v) is 1.41. The molecule has 66 valence electrons. The molecule has 0 bridgehead atoms. The lowest BCUT2D eigenvalue weighted by molar-refractivity contribution is -0.139. The second kappa shape index (κ2) is 5.13. The zero-order valence-electron chi connectivity index (χ0n) is 7.42. The van der Waals surface area contributed by atoms with Crippen molar-refractivity contribution in [3.8, 4) is 0 Å². The number of hydrogen-bond acceptors (Lipinski definition) is 2. The summed E-state index contributed by atoms with van der Waals surface area (Å²) in [6, 6.07) is -0.136. The quantitative estimate of drug-likeness (QED) is 0.634. The van der Waals surface area contributed by atoms with Crippen LogP contribution in [-0.2, 0) is 4.79 Å². The Morgan fingerprint density at radius 3 is 2.36 bits per heavy atom. The number of nitrogens with one attached hydrogen (secondary N) is 1. The van der Waals surface area contributed by atoms with Crippen molar-refractivity contribution in [3.05, 3.63) is 0 Å². The molecule has 0 saturated heterocycles. The highest BCUT2D eigenvalue weighted by Crippen LogP contribution is 1.97. The van der Waals surface area contributed by atoms with Crippen molar-refractivity contribution < 1.29 is 9.90 Å². The summed E-state index contributed by atoms with van der Waals surface area (Å²) in [4.78, 5) is 10.6. The topological polar surface area (TPSA) is 49.3 Å². The zero-order chi connectivity index (χ0) is 8.85. The van der Waals surface area contributed by atoms with E-state index in [1.54, 1.807) is 0 Å². The van der Waals surface area contributed by atoms with Crippen LogP contribution >= 0.6 is 0 Å². The molecule has 1 atom stereocenters. The molecule has 0 spiro atoms.